The van der Waals surface area contributed by atoms with Crippen LogP contribution in [0.15, 0.2) is 21.7 Å². The zero-order valence-corrected chi connectivity index (χ0v) is 9.49. The standard InChI is InChI=1S/C7H10ClNO2S2/c1-9(5-4-8)13(10,11)7-3-2-6-12-7/h2-3,6H,4-5H2,1H3. The van der Waals surface area contributed by atoms with Crippen LogP contribution >= 0.6 is 22.9 Å². The van der Waals surface area contributed by atoms with Crippen LogP contribution in [0.5, 0.6) is 0 Å². The molecule has 0 aromatic carbocycles. The van der Waals surface area contributed by atoms with Crippen LogP contribution in [0.1, 0.15) is 0 Å². The lowest BCUT2D eigenvalue weighted by atomic mass is 10.7. The van der Waals surface area contributed by atoms with Gasteiger partial charge in [-0.1, -0.05) is 6.07 Å². The van der Waals surface area contributed by atoms with Gasteiger partial charge in [0.15, 0.2) is 0 Å². The van der Waals surface area contributed by atoms with Crippen molar-refractivity contribution in [3.63, 3.8) is 0 Å². The van der Waals surface area contributed by atoms with Gasteiger partial charge in [-0.2, -0.15) is 4.31 Å². The van der Waals surface area contributed by atoms with Crippen molar-refractivity contribution in [3.8, 4) is 0 Å². The van der Waals surface area contributed by atoms with E-state index < -0.39 is 10.0 Å². The molecular weight excluding hydrogens is 230 g/mol. The van der Waals surface area contributed by atoms with E-state index in [-0.39, 0.29) is 0 Å². The molecule has 13 heavy (non-hydrogen) atoms. The number of alkyl halides is 1. The van der Waals surface area contributed by atoms with E-state index in [9.17, 15) is 8.42 Å². The maximum Gasteiger partial charge on any atom is 0.252 e. The van der Waals surface area contributed by atoms with Crippen LogP contribution in [-0.4, -0.2) is 32.2 Å². The molecule has 0 saturated carbocycles. The van der Waals surface area contributed by atoms with Crippen LogP contribution in [0.3, 0.4) is 0 Å². The smallest absolute Gasteiger partial charge is 0.206 e. The molecule has 0 spiro atoms. The fourth-order valence-electron chi connectivity index (χ4n) is 0.803. The molecule has 0 atom stereocenters. The number of nitrogens with zero attached hydrogens (tertiary/aromatic N) is 1. The highest BCUT2D eigenvalue weighted by Gasteiger charge is 2.20. The quantitative estimate of drug-likeness (QED) is 0.749. The summed E-state index contributed by atoms with van der Waals surface area (Å²) in [4.78, 5) is 0. The first-order valence-corrected chi connectivity index (χ1v) is 6.50. The summed E-state index contributed by atoms with van der Waals surface area (Å²) in [7, 11) is -1.77. The second-order valence-electron chi connectivity index (χ2n) is 2.45. The molecule has 0 aliphatic rings. The molecular formula is C7H10ClNO2S2. The minimum absolute atomic E-state index is 0.307. The van der Waals surface area contributed by atoms with E-state index in [0.717, 1.165) is 0 Å². The summed E-state index contributed by atoms with van der Waals surface area (Å²) in [6.45, 7) is 0.335. The molecule has 1 heterocycles. The van der Waals surface area contributed by atoms with Crippen LogP contribution in [0.4, 0.5) is 0 Å². The van der Waals surface area contributed by atoms with Gasteiger partial charge in [0, 0.05) is 19.5 Å². The van der Waals surface area contributed by atoms with Crippen LogP contribution in [0.2, 0.25) is 0 Å². The normalized spacial score (nSPS) is 12.2. The Morgan fingerprint density at radius 1 is 1.62 bits per heavy atom. The third kappa shape index (κ3) is 2.43. The maximum absolute atomic E-state index is 11.7. The second kappa shape index (κ2) is 4.41. The lowest BCUT2D eigenvalue weighted by Gasteiger charge is -2.13. The minimum Gasteiger partial charge on any atom is -0.206 e. The molecule has 1 aromatic rings. The molecule has 0 fully saturated rings. The first-order valence-electron chi connectivity index (χ1n) is 3.65. The van der Waals surface area contributed by atoms with Crippen molar-refractivity contribution in [2.75, 3.05) is 19.5 Å². The highest BCUT2D eigenvalue weighted by molar-refractivity contribution is 7.91. The van der Waals surface area contributed by atoms with Crippen LogP contribution in [0.25, 0.3) is 0 Å². The number of hydrogen-bond acceptors (Lipinski definition) is 3. The summed E-state index contributed by atoms with van der Waals surface area (Å²) in [6.07, 6.45) is 0. The number of thiophene rings is 1. The van der Waals surface area contributed by atoms with Crippen molar-refractivity contribution in [1.82, 2.24) is 4.31 Å². The topological polar surface area (TPSA) is 37.4 Å². The monoisotopic (exact) mass is 239 g/mol. The molecule has 0 amide bonds. The molecule has 74 valence electrons. The zero-order valence-electron chi connectivity index (χ0n) is 7.10. The lowest BCUT2D eigenvalue weighted by molar-refractivity contribution is 0.490. The Hall–Kier alpha value is -0.100. The van der Waals surface area contributed by atoms with E-state index in [0.29, 0.717) is 16.6 Å². The van der Waals surface area contributed by atoms with Crippen LogP contribution in [-0.2, 0) is 10.0 Å². The summed E-state index contributed by atoms with van der Waals surface area (Å²) >= 11 is 6.67. The molecule has 1 aromatic heterocycles. The van der Waals surface area contributed by atoms with Crippen molar-refractivity contribution in [2.45, 2.75) is 4.21 Å². The first kappa shape index (κ1) is 11.0. The average Bonchev–Trinajstić information content (AvgIpc) is 2.56. The van der Waals surface area contributed by atoms with Gasteiger partial charge in [0.25, 0.3) is 10.0 Å². The average molecular weight is 240 g/mol. The van der Waals surface area contributed by atoms with Gasteiger partial charge < -0.3 is 0 Å². The molecule has 0 aliphatic heterocycles. The van der Waals surface area contributed by atoms with Crippen molar-refractivity contribution < 1.29 is 8.42 Å². The SMILES string of the molecule is CN(CCCl)S(=O)(=O)c1cccs1. The Morgan fingerprint density at radius 3 is 2.77 bits per heavy atom. The predicted octanol–water partition coefficient (Wildman–Crippen LogP) is 1.61. The van der Waals surface area contributed by atoms with E-state index in [2.05, 4.69) is 0 Å². The third-order valence-electron chi connectivity index (χ3n) is 1.56. The van der Waals surface area contributed by atoms with Crippen molar-refractivity contribution >= 4 is 33.0 Å². The van der Waals surface area contributed by atoms with Crippen molar-refractivity contribution in [1.29, 1.82) is 0 Å². The highest BCUT2D eigenvalue weighted by atomic mass is 35.5. The van der Waals surface area contributed by atoms with Crippen LogP contribution in [0, 0.1) is 0 Å². The molecule has 1 rings (SSSR count). The van der Waals surface area contributed by atoms with E-state index in [1.54, 1.807) is 17.5 Å². The van der Waals surface area contributed by atoms with Gasteiger partial charge in [0.1, 0.15) is 4.21 Å². The molecule has 0 unspecified atom stereocenters. The summed E-state index contributed by atoms with van der Waals surface area (Å²) in [5.74, 6) is 0.307. The van der Waals surface area contributed by atoms with Gasteiger partial charge in [0.05, 0.1) is 0 Å². The minimum atomic E-state index is -3.29. The fourth-order valence-corrected chi connectivity index (χ4v) is 3.53. The molecule has 6 heteroatoms. The Bertz CT molecular complexity index is 347. The van der Waals surface area contributed by atoms with E-state index in [1.807, 2.05) is 0 Å². The van der Waals surface area contributed by atoms with Crippen molar-refractivity contribution in [2.24, 2.45) is 0 Å². The fraction of sp³-hybridized carbons (Fsp3) is 0.429. The van der Waals surface area contributed by atoms with Crippen molar-refractivity contribution in [3.05, 3.63) is 17.5 Å². The zero-order chi connectivity index (χ0) is 9.90. The summed E-state index contributed by atoms with van der Waals surface area (Å²) in [6, 6.07) is 3.30. The first-order chi connectivity index (χ1) is 6.09. The van der Waals surface area contributed by atoms with E-state index in [4.69, 9.17) is 11.6 Å². The van der Waals surface area contributed by atoms with Gasteiger partial charge in [0.2, 0.25) is 0 Å². The lowest BCUT2D eigenvalue weighted by Crippen LogP contribution is -2.28. The largest absolute Gasteiger partial charge is 0.252 e. The number of rotatable bonds is 4. The number of sulfonamides is 1. The number of halogens is 1. The third-order valence-corrected chi connectivity index (χ3v) is 4.96. The Kier molecular flexibility index (Phi) is 3.73. The van der Waals surface area contributed by atoms with Gasteiger partial charge in [-0.25, -0.2) is 8.42 Å². The van der Waals surface area contributed by atoms with Gasteiger partial charge >= 0.3 is 0 Å². The molecule has 0 saturated heterocycles. The predicted molar refractivity (Wildman–Crippen MR) is 54.9 cm³/mol. The molecule has 0 aliphatic carbocycles. The molecule has 0 N–H and O–H groups in total. The van der Waals surface area contributed by atoms with Gasteiger partial charge in [-0.05, 0) is 11.4 Å². The second-order valence-corrected chi connectivity index (χ2v) is 6.05. The summed E-state index contributed by atoms with van der Waals surface area (Å²) in [5.41, 5.74) is 0. The van der Waals surface area contributed by atoms with Crippen LogP contribution < -0.4 is 0 Å². The van der Waals surface area contributed by atoms with Gasteiger partial charge in [-0.15, -0.1) is 22.9 Å². The number of hydrogen-bond donors (Lipinski definition) is 0. The van der Waals surface area contributed by atoms with Gasteiger partial charge in [-0.3, -0.25) is 0 Å². The molecule has 0 radical (unpaired) electrons. The highest BCUT2D eigenvalue weighted by Crippen LogP contribution is 2.19. The molecule has 3 nitrogen and oxygen atoms in total. The Balaban J connectivity index is 2.90. The summed E-state index contributed by atoms with van der Waals surface area (Å²) < 4.78 is 24.9. The van der Waals surface area contributed by atoms with E-state index >= 15 is 0 Å². The maximum atomic E-state index is 11.7. The summed E-state index contributed by atoms with van der Waals surface area (Å²) in [5, 5.41) is 1.74. The molecule has 0 bridgehead atoms. The Labute approximate surface area is 87.0 Å². The Morgan fingerprint density at radius 2 is 2.31 bits per heavy atom. The van der Waals surface area contributed by atoms with E-state index in [1.165, 1.54) is 22.7 Å².